The van der Waals surface area contributed by atoms with Gasteiger partial charge in [-0.15, -0.1) is 10.2 Å². The van der Waals surface area contributed by atoms with Crippen molar-refractivity contribution < 1.29 is 9.53 Å². The molecule has 27 heavy (non-hydrogen) atoms. The molecule has 1 aliphatic rings. The van der Waals surface area contributed by atoms with Crippen LogP contribution in [0.4, 0.5) is 0 Å². The molecule has 1 amide bonds. The van der Waals surface area contributed by atoms with Crippen molar-refractivity contribution in [2.75, 3.05) is 6.61 Å². The Morgan fingerprint density at radius 1 is 1.30 bits per heavy atom. The molecular weight excluding hydrogens is 360 g/mol. The Hall–Kier alpha value is -1.86. The number of hydrogen-bond donors (Lipinski definition) is 1. The van der Waals surface area contributed by atoms with Crippen LogP contribution in [0.25, 0.3) is 0 Å². The van der Waals surface area contributed by atoms with Crippen molar-refractivity contribution in [2.24, 2.45) is 5.73 Å². The van der Waals surface area contributed by atoms with Crippen LogP contribution in [-0.4, -0.2) is 33.4 Å². The molecular formula is C20H28N4O2S. The summed E-state index contributed by atoms with van der Waals surface area (Å²) < 4.78 is 7.91. The van der Waals surface area contributed by atoms with Crippen molar-refractivity contribution in [2.45, 2.75) is 70.0 Å². The molecule has 1 unspecified atom stereocenters. The molecule has 3 rings (SSSR count). The van der Waals surface area contributed by atoms with E-state index in [2.05, 4.69) is 47.7 Å². The van der Waals surface area contributed by atoms with Crippen LogP contribution in [0.3, 0.4) is 0 Å². The first-order valence-electron chi connectivity index (χ1n) is 9.45. The topological polar surface area (TPSA) is 83.0 Å². The highest BCUT2D eigenvalue weighted by molar-refractivity contribution is 7.98. The third-order valence-corrected chi connectivity index (χ3v) is 5.98. The third kappa shape index (κ3) is 5.11. The summed E-state index contributed by atoms with van der Waals surface area (Å²) in [5.41, 5.74) is 10.6. The Balaban J connectivity index is 1.78. The minimum atomic E-state index is -0.318. The van der Waals surface area contributed by atoms with Crippen LogP contribution in [0, 0.1) is 20.8 Å². The summed E-state index contributed by atoms with van der Waals surface area (Å²) in [5.74, 6) is 1.34. The molecule has 2 N–H and O–H groups in total. The van der Waals surface area contributed by atoms with Gasteiger partial charge in [0.15, 0.2) is 5.16 Å². The standard InChI is InChI=1S/C20H28N4O2S/c1-13-9-14(2)17(15(3)10-13)12-27-20-23-22-19(7-6-18(21)25)24(20)11-16-5-4-8-26-16/h9-10,16H,4-8,11-12H2,1-3H3,(H2,21,25). The number of primary amides is 1. The fraction of sp³-hybridized carbons (Fsp3) is 0.550. The summed E-state index contributed by atoms with van der Waals surface area (Å²) in [5, 5.41) is 9.61. The summed E-state index contributed by atoms with van der Waals surface area (Å²) in [6.45, 7) is 7.99. The minimum Gasteiger partial charge on any atom is -0.376 e. The number of amides is 1. The van der Waals surface area contributed by atoms with Gasteiger partial charge in [-0.2, -0.15) is 0 Å². The summed E-state index contributed by atoms with van der Waals surface area (Å²) in [4.78, 5) is 11.2. The van der Waals surface area contributed by atoms with Gasteiger partial charge in [-0.3, -0.25) is 4.79 Å². The number of ether oxygens (including phenoxy) is 1. The molecule has 1 fully saturated rings. The van der Waals surface area contributed by atoms with E-state index < -0.39 is 0 Å². The lowest BCUT2D eigenvalue weighted by Gasteiger charge is -2.15. The molecule has 1 aromatic carbocycles. The van der Waals surface area contributed by atoms with Crippen molar-refractivity contribution in [3.63, 3.8) is 0 Å². The molecule has 1 atom stereocenters. The van der Waals surface area contributed by atoms with Gasteiger partial charge in [0, 0.05) is 25.2 Å². The van der Waals surface area contributed by atoms with Gasteiger partial charge in [0.25, 0.3) is 0 Å². The van der Waals surface area contributed by atoms with Crippen molar-refractivity contribution in [1.29, 1.82) is 0 Å². The van der Waals surface area contributed by atoms with E-state index in [0.29, 0.717) is 6.42 Å². The zero-order valence-electron chi connectivity index (χ0n) is 16.3. The lowest BCUT2D eigenvalue weighted by Crippen LogP contribution is -2.19. The fourth-order valence-electron chi connectivity index (χ4n) is 3.60. The first-order valence-corrected chi connectivity index (χ1v) is 10.4. The van der Waals surface area contributed by atoms with Gasteiger partial charge in [-0.25, -0.2) is 0 Å². The molecule has 0 aliphatic carbocycles. The highest BCUT2D eigenvalue weighted by atomic mass is 32.2. The maximum Gasteiger partial charge on any atom is 0.217 e. The van der Waals surface area contributed by atoms with Gasteiger partial charge in [0.1, 0.15) is 5.82 Å². The second-order valence-electron chi connectivity index (χ2n) is 7.28. The lowest BCUT2D eigenvalue weighted by atomic mass is 10.0. The van der Waals surface area contributed by atoms with Gasteiger partial charge < -0.3 is 15.0 Å². The summed E-state index contributed by atoms with van der Waals surface area (Å²) in [7, 11) is 0. The van der Waals surface area contributed by atoms with E-state index in [1.165, 1.54) is 22.3 Å². The molecule has 6 nitrogen and oxygen atoms in total. The van der Waals surface area contributed by atoms with Gasteiger partial charge in [-0.05, 0) is 50.3 Å². The van der Waals surface area contributed by atoms with Gasteiger partial charge in [0.05, 0.1) is 12.6 Å². The third-order valence-electron chi connectivity index (χ3n) is 4.98. The second kappa shape index (κ2) is 8.89. The Morgan fingerprint density at radius 2 is 2.04 bits per heavy atom. The molecule has 0 saturated carbocycles. The smallest absolute Gasteiger partial charge is 0.217 e. The number of carbonyl (C=O) groups is 1. The SMILES string of the molecule is Cc1cc(C)c(CSc2nnc(CCC(N)=O)n2CC2CCCO2)c(C)c1. The van der Waals surface area contributed by atoms with Crippen LogP contribution >= 0.6 is 11.8 Å². The maximum atomic E-state index is 11.2. The van der Waals surface area contributed by atoms with E-state index in [-0.39, 0.29) is 18.4 Å². The molecule has 146 valence electrons. The van der Waals surface area contributed by atoms with Crippen molar-refractivity contribution in [1.82, 2.24) is 14.8 Å². The number of carbonyl (C=O) groups excluding carboxylic acids is 1. The molecule has 0 spiro atoms. The molecule has 0 bridgehead atoms. The van der Waals surface area contributed by atoms with Crippen LogP contribution in [0.2, 0.25) is 0 Å². The van der Waals surface area contributed by atoms with E-state index in [9.17, 15) is 4.79 Å². The van der Waals surface area contributed by atoms with Crippen molar-refractivity contribution in [3.8, 4) is 0 Å². The van der Waals surface area contributed by atoms with E-state index >= 15 is 0 Å². The van der Waals surface area contributed by atoms with E-state index in [1.807, 2.05) is 0 Å². The minimum absolute atomic E-state index is 0.190. The van der Waals surface area contributed by atoms with Crippen molar-refractivity contribution >= 4 is 17.7 Å². The number of thioether (sulfide) groups is 1. The Labute approximate surface area is 164 Å². The number of aromatic nitrogens is 3. The molecule has 0 radical (unpaired) electrons. The van der Waals surface area contributed by atoms with E-state index in [1.54, 1.807) is 11.8 Å². The van der Waals surface area contributed by atoms with Gasteiger partial charge in [-0.1, -0.05) is 29.5 Å². The average molecular weight is 389 g/mol. The number of hydrogen-bond acceptors (Lipinski definition) is 5. The predicted molar refractivity (Wildman–Crippen MR) is 107 cm³/mol. The zero-order valence-corrected chi connectivity index (χ0v) is 17.1. The Morgan fingerprint density at radius 3 is 2.67 bits per heavy atom. The molecule has 1 saturated heterocycles. The van der Waals surface area contributed by atoms with E-state index in [0.717, 1.165) is 42.7 Å². The number of benzene rings is 1. The molecule has 1 aliphatic heterocycles. The zero-order chi connectivity index (χ0) is 19.4. The van der Waals surface area contributed by atoms with Crippen LogP contribution in [0.15, 0.2) is 17.3 Å². The lowest BCUT2D eigenvalue weighted by molar-refractivity contribution is -0.118. The average Bonchev–Trinajstić information content (AvgIpc) is 3.23. The van der Waals surface area contributed by atoms with E-state index in [4.69, 9.17) is 10.5 Å². The van der Waals surface area contributed by atoms with Gasteiger partial charge >= 0.3 is 0 Å². The van der Waals surface area contributed by atoms with Crippen LogP contribution in [0.1, 0.15) is 47.3 Å². The van der Waals surface area contributed by atoms with Crippen molar-refractivity contribution in [3.05, 3.63) is 40.2 Å². The normalized spacial score (nSPS) is 16.8. The number of nitrogens with two attached hydrogens (primary N) is 1. The maximum absolute atomic E-state index is 11.2. The van der Waals surface area contributed by atoms with Gasteiger partial charge in [0.2, 0.25) is 5.91 Å². The van der Waals surface area contributed by atoms with Crippen LogP contribution in [-0.2, 0) is 28.2 Å². The fourth-order valence-corrected chi connectivity index (χ4v) is 4.76. The summed E-state index contributed by atoms with van der Waals surface area (Å²) in [6, 6.07) is 4.44. The Kier molecular flexibility index (Phi) is 6.55. The molecule has 2 heterocycles. The monoisotopic (exact) mass is 388 g/mol. The summed E-state index contributed by atoms with van der Waals surface area (Å²) in [6.07, 6.45) is 3.12. The highest BCUT2D eigenvalue weighted by Gasteiger charge is 2.21. The van der Waals surface area contributed by atoms with Crippen LogP contribution in [0.5, 0.6) is 0 Å². The summed E-state index contributed by atoms with van der Waals surface area (Å²) >= 11 is 1.69. The molecule has 2 aromatic rings. The Bertz CT molecular complexity index is 789. The highest BCUT2D eigenvalue weighted by Crippen LogP contribution is 2.28. The largest absolute Gasteiger partial charge is 0.376 e. The quantitative estimate of drug-likeness (QED) is 0.703. The first-order chi connectivity index (χ1) is 12.9. The van der Waals surface area contributed by atoms with Crippen LogP contribution < -0.4 is 5.73 Å². The molecule has 1 aromatic heterocycles. The first kappa shape index (κ1) is 19.9. The number of nitrogens with zero attached hydrogens (tertiary/aromatic N) is 3. The number of rotatable bonds is 8. The number of aryl methyl sites for hydroxylation is 4. The predicted octanol–water partition coefficient (Wildman–Crippen LogP) is 3.09. The second-order valence-corrected chi connectivity index (χ2v) is 8.22. The molecule has 7 heteroatoms.